The minimum absolute atomic E-state index is 0.0884. The van der Waals surface area contributed by atoms with Gasteiger partial charge in [-0.25, -0.2) is 0 Å². The van der Waals surface area contributed by atoms with Gasteiger partial charge >= 0.3 is 5.97 Å². The third kappa shape index (κ3) is 2.45. The van der Waals surface area contributed by atoms with Gasteiger partial charge < -0.3 is 5.11 Å². The first-order valence-corrected chi connectivity index (χ1v) is 7.10. The van der Waals surface area contributed by atoms with Crippen molar-refractivity contribution >= 4 is 23.4 Å². The standard InChI is InChI=1S/C17H13ClO3/c18-11-6-4-10(5-7-11)16(19)14-3-1-2-12-13(14)8-9-15(12)17(20)21/h1-7,15H,8-9H2,(H,20,21). The number of aliphatic carboxylic acids is 1. The van der Waals surface area contributed by atoms with Gasteiger partial charge in [0.05, 0.1) is 5.92 Å². The number of carbonyl (C=O) groups is 2. The Bertz CT molecular complexity index is 719. The van der Waals surface area contributed by atoms with Gasteiger partial charge in [0.2, 0.25) is 0 Å². The average molecular weight is 301 g/mol. The SMILES string of the molecule is O=C(c1ccc(Cl)cc1)c1cccc2c1CCC2C(=O)O. The minimum Gasteiger partial charge on any atom is -0.481 e. The van der Waals surface area contributed by atoms with Crippen LogP contribution in [0.1, 0.15) is 39.4 Å². The Labute approximate surface area is 127 Å². The molecule has 0 saturated carbocycles. The molecule has 0 amide bonds. The van der Waals surface area contributed by atoms with Crippen LogP contribution in [-0.2, 0) is 11.2 Å². The Morgan fingerprint density at radius 2 is 1.81 bits per heavy atom. The zero-order chi connectivity index (χ0) is 15.0. The van der Waals surface area contributed by atoms with Crippen molar-refractivity contribution in [3.8, 4) is 0 Å². The van der Waals surface area contributed by atoms with Gasteiger partial charge in [-0.15, -0.1) is 0 Å². The Balaban J connectivity index is 2.03. The second-order valence-corrected chi connectivity index (χ2v) is 5.58. The van der Waals surface area contributed by atoms with Crippen LogP contribution >= 0.6 is 11.6 Å². The van der Waals surface area contributed by atoms with E-state index in [0.29, 0.717) is 29.0 Å². The number of fused-ring (bicyclic) bond motifs is 1. The predicted molar refractivity (Wildman–Crippen MR) is 80.0 cm³/mol. The molecule has 0 spiro atoms. The van der Waals surface area contributed by atoms with E-state index in [2.05, 4.69) is 0 Å². The quantitative estimate of drug-likeness (QED) is 0.880. The summed E-state index contributed by atoms with van der Waals surface area (Å²) < 4.78 is 0. The fourth-order valence-electron chi connectivity index (χ4n) is 2.88. The van der Waals surface area contributed by atoms with Gasteiger partial charge in [-0.2, -0.15) is 0 Å². The number of carbonyl (C=O) groups excluding carboxylic acids is 1. The van der Waals surface area contributed by atoms with Gasteiger partial charge in [0.1, 0.15) is 0 Å². The zero-order valence-electron chi connectivity index (χ0n) is 11.2. The lowest BCUT2D eigenvalue weighted by molar-refractivity contribution is -0.138. The van der Waals surface area contributed by atoms with E-state index in [1.54, 1.807) is 42.5 Å². The van der Waals surface area contributed by atoms with E-state index < -0.39 is 11.9 Å². The summed E-state index contributed by atoms with van der Waals surface area (Å²) in [6.45, 7) is 0. The molecule has 21 heavy (non-hydrogen) atoms. The first kappa shape index (κ1) is 13.8. The first-order chi connectivity index (χ1) is 10.1. The van der Waals surface area contributed by atoms with Crippen LogP contribution in [0.4, 0.5) is 0 Å². The summed E-state index contributed by atoms with van der Waals surface area (Å²) in [4.78, 5) is 23.9. The van der Waals surface area contributed by atoms with Gasteiger partial charge in [0, 0.05) is 16.1 Å². The molecule has 3 rings (SSSR count). The number of carboxylic acid groups (broad SMARTS) is 1. The molecule has 1 aliphatic rings. The van der Waals surface area contributed by atoms with Crippen LogP contribution in [-0.4, -0.2) is 16.9 Å². The molecule has 0 aliphatic heterocycles. The van der Waals surface area contributed by atoms with E-state index in [-0.39, 0.29) is 5.78 Å². The molecule has 0 saturated heterocycles. The summed E-state index contributed by atoms with van der Waals surface area (Å²) in [6, 6.07) is 12.1. The van der Waals surface area contributed by atoms with Gasteiger partial charge in [-0.1, -0.05) is 29.8 Å². The molecule has 0 bridgehead atoms. The van der Waals surface area contributed by atoms with E-state index in [1.807, 2.05) is 0 Å². The fourth-order valence-corrected chi connectivity index (χ4v) is 3.01. The molecule has 106 valence electrons. The number of carboxylic acids is 1. The molecule has 2 aromatic carbocycles. The second-order valence-electron chi connectivity index (χ2n) is 5.14. The lowest BCUT2D eigenvalue weighted by Crippen LogP contribution is -2.09. The lowest BCUT2D eigenvalue weighted by Gasteiger charge is -2.09. The average Bonchev–Trinajstić information content (AvgIpc) is 2.91. The highest BCUT2D eigenvalue weighted by molar-refractivity contribution is 6.30. The number of hydrogen-bond donors (Lipinski definition) is 1. The number of rotatable bonds is 3. The molecule has 1 N–H and O–H groups in total. The van der Waals surface area contributed by atoms with Crippen molar-refractivity contribution in [3.05, 3.63) is 69.7 Å². The van der Waals surface area contributed by atoms with Crippen molar-refractivity contribution < 1.29 is 14.7 Å². The number of benzene rings is 2. The Morgan fingerprint density at radius 1 is 1.10 bits per heavy atom. The van der Waals surface area contributed by atoms with Crippen molar-refractivity contribution in [2.75, 3.05) is 0 Å². The molecule has 2 aromatic rings. The summed E-state index contributed by atoms with van der Waals surface area (Å²) >= 11 is 5.83. The number of ketones is 1. The molecule has 0 heterocycles. The van der Waals surface area contributed by atoms with Crippen LogP contribution < -0.4 is 0 Å². The third-order valence-electron chi connectivity index (χ3n) is 3.92. The maximum Gasteiger partial charge on any atom is 0.310 e. The number of halogens is 1. The highest BCUT2D eigenvalue weighted by Crippen LogP contribution is 2.36. The number of hydrogen-bond acceptors (Lipinski definition) is 2. The molecular formula is C17H13ClO3. The van der Waals surface area contributed by atoms with Gasteiger partial charge in [0.15, 0.2) is 5.78 Å². The zero-order valence-corrected chi connectivity index (χ0v) is 11.9. The van der Waals surface area contributed by atoms with Gasteiger partial charge in [-0.3, -0.25) is 9.59 Å². The molecule has 3 nitrogen and oxygen atoms in total. The van der Waals surface area contributed by atoms with Crippen LogP contribution in [0, 0.1) is 0 Å². The lowest BCUT2D eigenvalue weighted by atomic mass is 9.94. The molecule has 1 unspecified atom stereocenters. The summed E-state index contributed by atoms with van der Waals surface area (Å²) in [5.41, 5.74) is 2.79. The predicted octanol–water partition coefficient (Wildman–Crippen LogP) is 3.69. The summed E-state index contributed by atoms with van der Waals surface area (Å²) in [6.07, 6.45) is 1.18. The van der Waals surface area contributed by atoms with E-state index in [9.17, 15) is 14.7 Å². The summed E-state index contributed by atoms with van der Waals surface area (Å²) in [7, 11) is 0. The largest absolute Gasteiger partial charge is 0.481 e. The molecule has 1 aliphatic carbocycles. The molecular weight excluding hydrogens is 288 g/mol. The maximum absolute atomic E-state index is 12.6. The van der Waals surface area contributed by atoms with E-state index >= 15 is 0 Å². The Morgan fingerprint density at radius 3 is 2.48 bits per heavy atom. The Kier molecular flexibility index (Phi) is 3.52. The highest BCUT2D eigenvalue weighted by Gasteiger charge is 2.31. The normalized spacial score (nSPS) is 16.5. The van der Waals surface area contributed by atoms with E-state index in [1.165, 1.54) is 0 Å². The highest BCUT2D eigenvalue weighted by atomic mass is 35.5. The van der Waals surface area contributed by atoms with Crippen LogP contribution in [0.3, 0.4) is 0 Å². The van der Waals surface area contributed by atoms with Gasteiger partial charge in [0.25, 0.3) is 0 Å². The minimum atomic E-state index is -0.829. The van der Waals surface area contributed by atoms with Crippen LogP contribution in [0.15, 0.2) is 42.5 Å². The van der Waals surface area contributed by atoms with Crippen molar-refractivity contribution in [2.45, 2.75) is 18.8 Å². The van der Waals surface area contributed by atoms with Gasteiger partial charge in [-0.05, 0) is 48.2 Å². The molecule has 1 atom stereocenters. The molecule has 0 fully saturated rings. The second kappa shape index (κ2) is 5.34. The van der Waals surface area contributed by atoms with Crippen molar-refractivity contribution in [1.29, 1.82) is 0 Å². The third-order valence-corrected chi connectivity index (χ3v) is 4.17. The first-order valence-electron chi connectivity index (χ1n) is 6.73. The van der Waals surface area contributed by atoms with Crippen LogP contribution in [0.5, 0.6) is 0 Å². The van der Waals surface area contributed by atoms with Crippen molar-refractivity contribution in [1.82, 2.24) is 0 Å². The summed E-state index contributed by atoms with van der Waals surface area (Å²) in [5.74, 6) is -1.42. The Hall–Kier alpha value is -2.13. The topological polar surface area (TPSA) is 54.4 Å². The van der Waals surface area contributed by atoms with Crippen LogP contribution in [0.25, 0.3) is 0 Å². The molecule has 4 heteroatoms. The fraction of sp³-hybridized carbons (Fsp3) is 0.176. The van der Waals surface area contributed by atoms with Crippen LogP contribution in [0.2, 0.25) is 5.02 Å². The summed E-state index contributed by atoms with van der Waals surface area (Å²) in [5, 5.41) is 9.82. The van der Waals surface area contributed by atoms with Crippen molar-refractivity contribution in [2.24, 2.45) is 0 Å². The maximum atomic E-state index is 12.6. The van der Waals surface area contributed by atoms with E-state index in [4.69, 9.17) is 11.6 Å². The van der Waals surface area contributed by atoms with Crippen molar-refractivity contribution in [3.63, 3.8) is 0 Å². The molecule has 0 aromatic heterocycles. The smallest absolute Gasteiger partial charge is 0.310 e. The molecule has 0 radical (unpaired) electrons. The monoisotopic (exact) mass is 300 g/mol. The van der Waals surface area contributed by atoms with E-state index in [0.717, 1.165) is 11.1 Å².